The van der Waals surface area contributed by atoms with Crippen LogP contribution in [0.4, 0.5) is 0 Å². The summed E-state index contributed by atoms with van der Waals surface area (Å²) in [6, 6.07) is 9.69. The third-order valence-corrected chi connectivity index (χ3v) is 4.32. The van der Waals surface area contributed by atoms with Gasteiger partial charge in [-0.2, -0.15) is 0 Å². The van der Waals surface area contributed by atoms with E-state index >= 15 is 0 Å². The van der Waals surface area contributed by atoms with Crippen molar-refractivity contribution in [2.24, 2.45) is 0 Å². The van der Waals surface area contributed by atoms with Crippen LogP contribution in [-0.4, -0.2) is 12.9 Å². The molecular weight excluding hydrogens is 332 g/mol. The maximum atomic E-state index is 11.1. The minimum atomic E-state index is 0.571. The first-order valence-corrected chi connectivity index (χ1v) is 7.60. The molecule has 1 aliphatic rings. The van der Waals surface area contributed by atoms with Crippen molar-refractivity contribution < 1.29 is 14.3 Å². The minimum absolute atomic E-state index is 0.571. The van der Waals surface area contributed by atoms with Crippen molar-refractivity contribution in [3.8, 4) is 11.5 Å². The molecule has 0 saturated heterocycles. The van der Waals surface area contributed by atoms with E-state index in [4.69, 9.17) is 9.47 Å². The van der Waals surface area contributed by atoms with Crippen LogP contribution in [0.15, 0.2) is 34.8 Å². The second-order valence-corrected chi connectivity index (χ2v) is 5.91. The van der Waals surface area contributed by atoms with Gasteiger partial charge in [-0.1, -0.05) is 28.1 Å². The number of rotatable bonds is 3. The van der Waals surface area contributed by atoms with E-state index in [1.807, 2.05) is 25.1 Å². The molecule has 0 aromatic heterocycles. The van der Waals surface area contributed by atoms with E-state index in [0.29, 0.717) is 17.9 Å². The lowest BCUT2D eigenvalue weighted by Crippen LogP contribution is -2.10. The van der Waals surface area contributed by atoms with Crippen molar-refractivity contribution in [3.63, 3.8) is 0 Å². The lowest BCUT2D eigenvalue weighted by molar-refractivity contribution is 0.109. The van der Waals surface area contributed by atoms with Gasteiger partial charge in [-0.05, 0) is 42.7 Å². The van der Waals surface area contributed by atoms with Gasteiger partial charge in [0.25, 0.3) is 0 Å². The highest BCUT2D eigenvalue weighted by atomic mass is 79.9. The van der Waals surface area contributed by atoms with Crippen molar-refractivity contribution in [3.05, 3.63) is 57.1 Å². The van der Waals surface area contributed by atoms with Gasteiger partial charge in [0, 0.05) is 15.6 Å². The second-order valence-electron chi connectivity index (χ2n) is 5.06. The summed E-state index contributed by atoms with van der Waals surface area (Å²) in [5.74, 6) is 1.49. The summed E-state index contributed by atoms with van der Waals surface area (Å²) in [5, 5.41) is 0. The number of ether oxygens (including phenoxy) is 2. The zero-order chi connectivity index (χ0) is 14.8. The van der Waals surface area contributed by atoms with E-state index in [9.17, 15) is 4.79 Å². The molecule has 0 N–H and O–H groups in total. The SMILES string of the molecule is Cc1cc(Br)c(C=O)cc1Oc1cccc2c1COCC2. The fourth-order valence-corrected chi connectivity index (χ4v) is 3.00. The lowest BCUT2D eigenvalue weighted by atomic mass is 10.0. The third kappa shape index (κ3) is 2.87. The molecule has 0 spiro atoms. The minimum Gasteiger partial charge on any atom is -0.457 e. The van der Waals surface area contributed by atoms with Gasteiger partial charge < -0.3 is 9.47 Å². The van der Waals surface area contributed by atoms with Gasteiger partial charge >= 0.3 is 0 Å². The average Bonchev–Trinajstić information content (AvgIpc) is 2.50. The Morgan fingerprint density at radius 2 is 2.14 bits per heavy atom. The Labute approximate surface area is 132 Å². The Bertz CT molecular complexity index is 695. The second kappa shape index (κ2) is 6.00. The molecule has 3 rings (SSSR count). The van der Waals surface area contributed by atoms with Crippen molar-refractivity contribution >= 4 is 22.2 Å². The van der Waals surface area contributed by atoms with Gasteiger partial charge in [-0.3, -0.25) is 4.79 Å². The fraction of sp³-hybridized carbons (Fsp3) is 0.235. The largest absolute Gasteiger partial charge is 0.457 e. The Hall–Kier alpha value is -1.65. The highest BCUT2D eigenvalue weighted by Gasteiger charge is 2.16. The van der Waals surface area contributed by atoms with Gasteiger partial charge in [0.1, 0.15) is 11.5 Å². The summed E-state index contributed by atoms with van der Waals surface area (Å²) >= 11 is 3.38. The average molecular weight is 347 g/mol. The topological polar surface area (TPSA) is 35.5 Å². The maximum Gasteiger partial charge on any atom is 0.151 e. The molecule has 0 bridgehead atoms. The first-order valence-electron chi connectivity index (χ1n) is 6.80. The highest BCUT2D eigenvalue weighted by molar-refractivity contribution is 9.10. The molecular formula is C17H15BrO3. The van der Waals surface area contributed by atoms with Crippen LogP contribution < -0.4 is 4.74 Å². The number of benzene rings is 2. The van der Waals surface area contributed by atoms with Crippen LogP contribution in [-0.2, 0) is 17.8 Å². The Morgan fingerprint density at radius 1 is 1.29 bits per heavy atom. The zero-order valence-corrected chi connectivity index (χ0v) is 13.3. The van der Waals surface area contributed by atoms with Gasteiger partial charge in [0.2, 0.25) is 0 Å². The summed E-state index contributed by atoms with van der Waals surface area (Å²) in [4.78, 5) is 11.1. The monoisotopic (exact) mass is 346 g/mol. The maximum absolute atomic E-state index is 11.1. The van der Waals surface area contributed by atoms with Crippen molar-refractivity contribution in [2.75, 3.05) is 6.61 Å². The van der Waals surface area contributed by atoms with Crippen molar-refractivity contribution in [1.82, 2.24) is 0 Å². The van der Waals surface area contributed by atoms with Crippen LogP contribution >= 0.6 is 15.9 Å². The summed E-state index contributed by atoms with van der Waals surface area (Å²) in [6.45, 7) is 3.28. The Kier molecular flexibility index (Phi) is 4.08. The molecule has 0 radical (unpaired) electrons. The predicted octanol–water partition coefficient (Wildman–Crippen LogP) is 4.44. The van der Waals surface area contributed by atoms with Gasteiger partial charge in [-0.15, -0.1) is 0 Å². The van der Waals surface area contributed by atoms with E-state index in [-0.39, 0.29) is 0 Å². The van der Waals surface area contributed by atoms with E-state index in [1.165, 1.54) is 5.56 Å². The third-order valence-electron chi connectivity index (χ3n) is 3.63. The Morgan fingerprint density at radius 3 is 2.95 bits per heavy atom. The predicted molar refractivity (Wildman–Crippen MR) is 84.1 cm³/mol. The highest BCUT2D eigenvalue weighted by Crippen LogP contribution is 2.34. The summed E-state index contributed by atoms with van der Waals surface area (Å²) in [6.07, 6.45) is 1.73. The molecule has 0 unspecified atom stereocenters. The van der Waals surface area contributed by atoms with Crippen LogP contribution in [0.5, 0.6) is 11.5 Å². The molecule has 4 heteroatoms. The van der Waals surface area contributed by atoms with Crippen LogP contribution in [0, 0.1) is 6.92 Å². The van der Waals surface area contributed by atoms with Gasteiger partial charge in [0.15, 0.2) is 6.29 Å². The lowest BCUT2D eigenvalue weighted by Gasteiger charge is -2.20. The number of aryl methyl sites for hydroxylation is 1. The summed E-state index contributed by atoms with van der Waals surface area (Å²) < 4.78 is 12.3. The van der Waals surface area contributed by atoms with E-state index < -0.39 is 0 Å². The van der Waals surface area contributed by atoms with E-state index in [0.717, 1.165) is 40.7 Å². The molecule has 2 aromatic carbocycles. The molecule has 0 atom stereocenters. The molecule has 0 fully saturated rings. The number of hydrogen-bond donors (Lipinski definition) is 0. The molecule has 0 amide bonds. The fourth-order valence-electron chi connectivity index (χ4n) is 2.45. The van der Waals surface area contributed by atoms with Crippen molar-refractivity contribution in [2.45, 2.75) is 20.0 Å². The molecule has 2 aromatic rings. The number of halogens is 1. The number of fused-ring (bicyclic) bond motifs is 1. The number of carbonyl (C=O) groups excluding carboxylic acids is 1. The molecule has 1 heterocycles. The van der Waals surface area contributed by atoms with Gasteiger partial charge in [-0.25, -0.2) is 0 Å². The molecule has 3 nitrogen and oxygen atoms in total. The van der Waals surface area contributed by atoms with Gasteiger partial charge in [0.05, 0.1) is 13.2 Å². The molecule has 0 aliphatic carbocycles. The molecule has 108 valence electrons. The van der Waals surface area contributed by atoms with Crippen LogP contribution in [0.3, 0.4) is 0 Å². The van der Waals surface area contributed by atoms with E-state index in [1.54, 1.807) is 6.07 Å². The molecule has 21 heavy (non-hydrogen) atoms. The number of aldehydes is 1. The van der Waals surface area contributed by atoms with Crippen molar-refractivity contribution in [1.29, 1.82) is 0 Å². The Balaban J connectivity index is 1.99. The van der Waals surface area contributed by atoms with E-state index in [2.05, 4.69) is 22.0 Å². The normalized spacial score (nSPS) is 13.6. The number of carbonyl (C=O) groups is 1. The smallest absolute Gasteiger partial charge is 0.151 e. The standard InChI is InChI=1S/C17H15BrO3/c1-11-7-15(18)13(9-19)8-17(11)21-16-4-2-3-12-5-6-20-10-14(12)16/h2-4,7-9H,5-6,10H2,1H3. The molecule has 0 saturated carbocycles. The van der Waals surface area contributed by atoms with Crippen LogP contribution in [0.1, 0.15) is 27.0 Å². The number of hydrogen-bond acceptors (Lipinski definition) is 3. The first kappa shape index (κ1) is 14.3. The molecule has 1 aliphatic heterocycles. The van der Waals surface area contributed by atoms with Crippen LogP contribution in [0.2, 0.25) is 0 Å². The summed E-state index contributed by atoms with van der Waals surface area (Å²) in [7, 11) is 0. The van der Waals surface area contributed by atoms with Crippen LogP contribution in [0.25, 0.3) is 0 Å². The quantitative estimate of drug-likeness (QED) is 0.771. The first-order chi connectivity index (χ1) is 10.2. The zero-order valence-electron chi connectivity index (χ0n) is 11.7. The summed E-state index contributed by atoms with van der Waals surface area (Å²) in [5.41, 5.74) is 3.92.